The van der Waals surface area contributed by atoms with E-state index in [1.807, 2.05) is 18.2 Å². The molecule has 0 atom stereocenters. The monoisotopic (exact) mass is 627 g/mol. The van der Waals surface area contributed by atoms with Crippen LogP contribution in [-0.2, 0) is 11.4 Å². The summed E-state index contributed by atoms with van der Waals surface area (Å²) in [5, 5.41) is 10.1. The summed E-state index contributed by atoms with van der Waals surface area (Å²) in [5.74, 6) is -1.19. The molecular formula is C35H31ClFN3O5. The number of hydrogen-bond acceptors (Lipinski definition) is 5. The minimum atomic E-state index is -1.04. The molecule has 0 unspecified atom stereocenters. The molecule has 4 aromatic carbocycles. The van der Waals surface area contributed by atoms with Crippen molar-refractivity contribution in [3.63, 3.8) is 0 Å². The number of imidazole rings is 1. The van der Waals surface area contributed by atoms with Gasteiger partial charge in [0.25, 0.3) is 5.91 Å². The number of carbonyl (C=O) groups excluding carboxylic acids is 1. The van der Waals surface area contributed by atoms with Crippen molar-refractivity contribution >= 4 is 34.5 Å². The van der Waals surface area contributed by atoms with Gasteiger partial charge in [-0.3, -0.25) is 9.63 Å². The molecule has 2 N–H and O–H groups in total. The molecular weight excluding hydrogens is 597 g/mol. The van der Waals surface area contributed by atoms with Crippen LogP contribution in [0, 0.1) is 5.82 Å². The van der Waals surface area contributed by atoms with Crippen LogP contribution >= 0.6 is 11.6 Å². The molecule has 5 aromatic rings. The van der Waals surface area contributed by atoms with Gasteiger partial charge in [-0.05, 0) is 84.1 Å². The van der Waals surface area contributed by atoms with Crippen molar-refractivity contribution in [1.82, 2.24) is 15.0 Å². The van der Waals surface area contributed by atoms with Crippen LogP contribution in [0.2, 0.25) is 5.02 Å². The van der Waals surface area contributed by atoms with E-state index in [-0.39, 0.29) is 18.2 Å². The number of ether oxygens (including phenoxy) is 1. The number of carboxylic acid groups (broad SMARTS) is 1. The SMILES string of the molecule is CONC(=O)c1ccc(-c2ccc(Cl)cc2)c(COc2ccc(-c3nc4cc(C(=O)O)ccc4n3C3CCCCC3)c(F)c2)c1. The van der Waals surface area contributed by atoms with Crippen LogP contribution in [0.15, 0.2) is 78.9 Å². The van der Waals surface area contributed by atoms with E-state index in [9.17, 15) is 14.7 Å². The molecule has 1 saturated carbocycles. The van der Waals surface area contributed by atoms with Crippen LogP contribution in [0.1, 0.15) is 64.4 Å². The molecule has 1 heterocycles. The Morgan fingerprint density at radius 1 is 0.956 bits per heavy atom. The molecule has 1 aromatic heterocycles. The third kappa shape index (κ3) is 6.41. The van der Waals surface area contributed by atoms with Gasteiger partial charge in [0.1, 0.15) is 24.0 Å². The number of hydrogen-bond donors (Lipinski definition) is 2. The fraction of sp³-hybridized carbons (Fsp3) is 0.229. The van der Waals surface area contributed by atoms with Gasteiger partial charge < -0.3 is 14.4 Å². The van der Waals surface area contributed by atoms with Gasteiger partial charge in [-0.2, -0.15) is 0 Å². The second-order valence-corrected chi connectivity index (χ2v) is 11.5. The van der Waals surface area contributed by atoms with Gasteiger partial charge in [0.2, 0.25) is 0 Å². The van der Waals surface area contributed by atoms with Crippen molar-refractivity contribution in [2.24, 2.45) is 0 Å². The third-order valence-corrected chi connectivity index (χ3v) is 8.42. The standard InChI is InChI=1S/C35H31ClFN3O5/c1-44-39-34(41)22-9-14-28(21-7-11-25(36)12-8-21)24(17-22)20-45-27-13-15-29(30(37)19-27)33-38-31-18-23(35(42)43)10-16-32(31)40(33)26-5-3-2-4-6-26/h7-19,26H,2-6,20H2,1H3,(H,39,41)(H,42,43). The van der Waals surface area contributed by atoms with E-state index < -0.39 is 17.7 Å². The van der Waals surface area contributed by atoms with Gasteiger partial charge in [-0.1, -0.05) is 49.1 Å². The molecule has 230 valence electrons. The number of hydroxylamine groups is 1. The number of aromatic nitrogens is 2. The number of amides is 1. The highest BCUT2D eigenvalue weighted by molar-refractivity contribution is 6.30. The van der Waals surface area contributed by atoms with Crippen LogP contribution in [0.3, 0.4) is 0 Å². The van der Waals surface area contributed by atoms with Crippen LogP contribution in [0.25, 0.3) is 33.5 Å². The van der Waals surface area contributed by atoms with Crippen LogP contribution < -0.4 is 10.2 Å². The van der Waals surface area contributed by atoms with Crippen molar-refractivity contribution in [2.45, 2.75) is 44.8 Å². The lowest BCUT2D eigenvalue weighted by molar-refractivity contribution is 0.0537. The zero-order valence-electron chi connectivity index (χ0n) is 24.6. The van der Waals surface area contributed by atoms with E-state index in [0.717, 1.165) is 48.7 Å². The van der Waals surface area contributed by atoms with Gasteiger partial charge in [-0.15, -0.1) is 0 Å². The molecule has 0 aliphatic heterocycles. The second kappa shape index (κ2) is 13.1. The largest absolute Gasteiger partial charge is 0.489 e. The summed E-state index contributed by atoms with van der Waals surface area (Å²) in [6.07, 6.45) is 5.18. The first-order valence-corrected chi connectivity index (χ1v) is 15.1. The van der Waals surface area contributed by atoms with E-state index in [0.29, 0.717) is 38.8 Å². The Morgan fingerprint density at radius 3 is 2.40 bits per heavy atom. The lowest BCUT2D eigenvalue weighted by atomic mass is 9.94. The van der Waals surface area contributed by atoms with Crippen molar-refractivity contribution in [3.05, 3.63) is 106 Å². The van der Waals surface area contributed by atoms with Crippen molar-refractivity contribution in [1.29, 1.82) is 0 Å². The lowest BCUT2D eigenvalue weighted by Crippen LogP contribution is -2.22. The van der Waals surface area contributed by atoms with Gasteiger partial charge in [0.05, 0.1) is 29.3 Å². The number of nitrogens with one attached hydrogen (secondary N) is 1. The predicted octanol–water partition coefficient (Wildman–Crippen LogP) is 8.24. The van der Waals surface area contributed by atoms with E-state index >= 15 is 4.39 Å². The minimum absolute atomic E-state index is 0.0589. The van der Waals surface area contributed by atoms with Crippen LogP contribution in [-0.4, -0.2) is 33.6 Å². The highest BCUT2D eigenvalue weighted by Crippen LogP contribution is 2.38. The summed E-state index contributed by atoms with van der Waals surface area (Å²) in [4.78, 5) is 33.6. The van der Waals surface area contributed by atoms with Gasteiger partial charge >= 0.3 is 5.97 Å². The molecule has 1 aliphatic carbocycles. The summed E-state index contributed by atoms with van der Waals surface area (Å²) < 4.78 is 24.0. The molecule has 45 heavy (non-hydrogen) atoms. The Bertz CT molecular complexity index is 1880. The zero-order chi connectivity index (χ0) is 31.5. The summed E-state index contributed by atoms with van der Waals surface area (Å²) in [6, 6.07) is 22.2. The molecule has 6 rings (SSSR count). The Morgan fingerprint density at radius 2 is 1.69 bits per heavy atom. The number of benzene rings is 4. The van der Waals surface area contributed by atoms with E-state index in [1.165, 1.54) is 19.2 Å². The number of halogens is 2. The number of rotatable bonds is 9. The van der Waals surface area contributed by atoms with Gasteiger partial charge in [0, 0.05) is 22.7 Å². The zero-order valence-corrected chi connectivity index (χ0v) is 25.3. The maximum Gasteiger partial charge on any atom is 0.335 e. The highest BCUT2D eigenvalue weighted by Gasteiger charge is 2.25. The van der Waals surface area contributed by atoms with Gasteiger partial charge in [0.15, 0.2) is 0 Å². The Hall–Kier alpha value is -4.73. The van der Waals surface area contributed by atoms with E-state index in [1.54, 1.807) is 48.5 Å². The molecule has 0 saturated heterocycles. The first kappa shape index (κ1) is 30.3. The summed E-state index contributed by atoms with van der Waals surface area (Å²) >= 11 is 6.09. The average Bonchev–Trinajstić information content (AvgIpc) is 3.43. The Balaban J connectivity index is 1.33. The topological polar surface area (TPSA) is 103 Å². The lowest BCUT2D eigenvalue weighted by Gasteiger charge is -2.25. The van der Waals surface area contributed by atoms with E-state index in [2.05, 4.69) is 10.0 Å². The maximum absolute atomic E-state index is 15.9. The minimum Gasteiger partial charge on any atom is -0.489 e. The van der Waals surface area contributed by atoms with Crippen LogP contribution in [0.5, 0.6) is 5.75 Å². The molecule has 10 heteroatoms. The maximum atomic E-state index is 15.9. The third-order valence-electron chi connectivity index (χ3n) is 8.17. The summed E-state index contributed by atoms with van der Waals surface area (Å²) in [7, 11) is 1.36. The smallest absolute Gasteiger partial charge is 0.335 e. The predicted molar refractivity (Wildman–Crippen MR) is 170 cm³/mol. The highest BCUT2D eigenvalue weighted by atomic mass is 35.5. The molecule has 1 fully saturated rings. The van der Waals surface area contributed by atoms with E-state index in [4.69, 9.17) is 26.2 Å². The van der Waals surface area contributed by atoms with Crippen LogP contribution in [0.4, 0.5) is 4.39 Å². The molecule has 1 amide bonds. The number of fused-ring (bicyclic) bond motifs is 1. The quantitative estimate of drug-likeness (QED) is 0.160. The van der Waals surface area contributed by atoms with Crippen molar-refractivity contribution < 1.29 is 28.7 Å². The Labute approximate surface area is 264 Å². The molecule has 1 aliphatic rings. The molecule has 8 nitrogen and oxygen atoms in total. The average molecular weight is 628 g/mol. The fourth-order valence-electron chi connectivity index (χ4n) is 5.98. The number of carboxylic acids is 1. The first-order chi connectivity index (χ1) is 21.8. The summed E-state index contributed by atoms with van der Waals surface area (Å²) in [6.45, 7) is 0.0589. The number of nitrogens with zero attached hydrogens (tertiary/aromatic N) is 2. The Kier molecular flexibility index (Phi) is 8.82. The van der Waals surface area contributed by atoms with Crippen molar-refractivity contribution in [2.75, 3.05) is 7.11 Å². The number of carbonyl (C=O) groups is 2. The normalized spacial score (nSPS) is 13.6. The molecule has 0 spiro atoms. The van der Waals surface area contributed by atoms with Crippen molar-refractivity contribution in [3.8, 4) is 28.3 Å². The molecule has 0 bridgehead atoms. The second-order valence-electron chi connectivity index (χ2n) is 11.1. The molecule has 0 radical (unpaired) electrons. The summed E-state index contributed by atoms with van der Waals surface area (Å²) in [5.41, 5.74) is 6.86. The fourth-order valence-corrected chi connectivity index (χ4v) is 6.10. The number of aromatic carboxylic acids is 1. The van der Waals surface area contributed by atoms with Gasteiger partial charge in [-0.25, -0.2) is 19.6 Å². The first-order valence-electron chi connectivity index (χ1n) is 14.7.